The van der Waals surface area contributed by atoms with E-state index in [0.717, 1.165) is 5.56 Å². The van der Waals surface area contributed by atoms with Gasteiger partial charge in [0.15, 0.2) is 5.54 Å². The molecule has 0 unspecified atom stereocenters. The van der Waals surface area contributed by atoms with Crippen LogP contribution in [0.15, 0.2) is 59.6 Å². The monoisotopic (exact) mass is 496 g/mol. The molecule has 0 saturated carbocycles. The molecule has 1 aliphatic rings. The van der Waals surface area contributed by atoms with Crippen molar-refractivity contribution in [3.8, 4) is 5.75 Å². The lowest BCUT2D eigenvalue weighted by Crippen LogP contribution is -2.47. The summed E-state index contributed by atoms with van der Waals surface area (Å²) in [4.78, 5) is 30.4. The number of benzene rings is 2. The zero-order valence-corrected chi connectivity index (χ0v) is 21.3. The summed E-state index contributed by atoms with van der Waals surface area (Å²) in [6, 6.07) is 17.1. The Morgan fingerprint density at radius 2 is 1.83 bits per heavy atom. The van der Waals surface area contributed by atoms with Crippen molar-refractivity contribution in [2.75, 3.05) is 26.4 Å². The fraction of sp³-hybridized carbons (Fsp3) is 0.464. The standard InChI is InChI=1S/C28H36N2O6/c1-27(2,3)36-24(32)14-16-28(26(33)29-17-15-21-8-5-4-6-9-21)20-35-25(30-28)22-10-12-23(13-11-22)34-19-7-18-31/h4-6,8-13,31H,7,14-20H2,1-3H3,(H,29,33)/t28-/m1/s1. The number of esters is 1. The highest BCUT2D eigenvalue weighted by atomic mass is 16.6. The van der Waals surface area contributed by atoms with Crippen molar-refractivity contribution in [2.45, 2.75) is 57.6 Å². The van der Waals surface area contributed by atoms with E-state index in [1.807, 2.05) is 63.2 Å². The number of carbonyl (C=O) groups is 2. The molecule has 3 rings (SSSR count). The molecule has 8 nitrogen and oxygen atoms in total. The first-order valence-corrected chi connectivity index (χ1v) is 12.3. The van der Waals surface area contributed by atoms with E-state index in [1.54, 1.807) is 12.1 Å². The maximum atomic E-state index is 13.3. The number of aliphatic imine (C=N–C) groups is 1. The molecule has 0 bridgehead atoms. The van der Waals surface area contributed by atoms with Gasteiger partial charge in [0.2, 0.25) is 5.90 Å². The summed E-state index contributed by atoms with van der Waals surface area (Å²) < 4.78 is 16.9. The molecule has 2 aromatic carbocycles. The minimum atomic E-state index is -1.22. The third-order valence-corrected chi connectivity index (χ3v) is 5.56. The Balaban J connectivity index is 1.72. The Bertz CT molecular complexity index is 1030. The quantitative estimate of drug-likeness (QED) is 0.344. The summed E-state index contributed by atoms with van der Waals surface area (Å²) >= 11 is 0. The van der Waals surface area contributed by atoms with Crippen molar-refractivity contribution < 1.29 is 28.9 Å². The van der Waals surface area contributed by atoms with Crippen molar-refractivity contribution >= 4 is 17.8 Å². The molecule has 0 aromatic heterocycles. The third-order valence-electron chi connectivity index (χ3n) is 5.56. The Morgan fingerprint density at radius 3 is 2.50 bits per heavy atom. The lowest BCUT2D eigenvalue weighted by molar-refractivity contribution is -0.155. The number of amides is 1. The van der Waals surface area contributed by atoms with Crippen molar-refractivity contribution in [3.63, 3.8) is 0 Å². The van der Waals surface area contributed by atoms with Crippen LogP contribution >= 0.6 is 0 Å². The van der Waals surface area contributed by atoms with E-state index in [1.165, 1.54) is 0 Å². The van der Waals surface area contributed by atoms with Crippen LogP contribution < -0.4 is 10.1 Å². The van der Waals surface area contributed by atoms with E-state index in [-0.39, 0.29) is 37.9 Å². The molecule has 36 heavy (non-hydrogen) atoms. The van der Waals surface area contributed by atoms with E-state index in [2.05, 4.69) is 10.3 Å². The number of carbonyl (C=O) groups excluding carboxylic acids is 2. The number of aliphatic hydroxyl groups excluding tert-OH is 1. The van der Waals surface area contributed by atoms with Gasteiger partial charge in [-0.15, -0.1) is 0 Å². The fourth-order valence-corrected chi connectivity index (χ4v) is 3.73. The SMILES string of the molecule is CC(C)(C)OC(=O)CC[C@]1(C(=O)NCCc2ccccc2)COC(c2ccc(OCCCO)cc2)=N1. The van der Waals surface area contributed by atoms with Gasteiger partial charge in [-0.25, -0.2) is 4.99 Å². The maximum absolute atomic E-state index is 13.3. The van der Waals surface area contributed by atoms with Gasteiger partial charge in [0.05, 0.1) is 6.61 Å². The summed E-state index contributed by atoms with van der Waals surface area (Å²) in [7, 11) is 0. The predicted molar refractivity (Wildman–Crippen MR) is 137 cm³/mol. The number of hydrogen-bond donors (Lipinski definition) is 2. The molecule has 1 heterocycles. The van der Waals surface area contributed by atoms with Gasteiger partial charge in [-0.05, 0) is 63.4 Å². The van der Waals surface area contributed by atoms with Crippen molar-refractivity contribution in [3.05, 3.63) is 65.7 Å². The van der Waals surface area contributed by atoms with Crippen LogP contribution in [-0.2, 0) is 25.5 Å². The summed E-state index contributed by atoms with van der Waals surface area (Å²) in [5.41, 5.74) is -0.00210. The fourth-order valence-electron chi connectivity index (χ4n) is 3.73. The zero-order valence-electron chi connectivity index (χ0n) is 21.3. The molecule has 2 N–H and O–H groups in total. The van der Waals surface area contributed by atoms with Crippen LogP contribution in [0.5, 0.6) is 5.75 Å². The van der Waals surface area contributed by atoms with E-state index in [0.29, 0.717) is 43.2 Å². The molecule has 0 saturated heterocycles. The Morgan fingerprint density at radius 1 is 1.11 bits per heavy atom. The van der Waals surface area contributed by atoms with Gasteiger partial charge in [0.25, 0.3) is 5.91 Å². The van der Waals surface area contributed by atoms with Gasteiger partial charge >= 0.3 is 5.97 Å². The number of nitrogens with one attached hydrogen (secondary N) is 1. The highest BCUT2D eigenvalue weighted by molar-refractivity contribution is 6.00. The van der Waals surface area contributed by atoms with Gasteiger partial charge in [-0.2, -0.15) is 0 Å². The second kappa shape index (κ2) is 12.5. The molecule has 1 aliphatic heterocycles. The molecule has 8 heteroatoms. The average molecular weight is 497 g/mol. The lowest BCUT2D eigenvalue weighted by Gasteiger charge is -2.24. The molecular formula is C28H36N2O6. The first kappa shape index (κ1) is 27.2. The molecule has 0 aliphatic carbocycles. The molecule has 0 spiro atoms. The molecule has 1 amide bonds. The summed E-state index contributed by atoms with van der Waals surface area (Å²) in [6.45, 7) is 6.40. The van der Waals surface area contributed by atoms with Gasteiger partial charge in [-0.3, -0.25) is 9.59 Å². The molecular weight excluding hydrogens is 460 g/mol. The molecule has 2 aromatic rings. The molecule has 0 radical (unpaired) electrons. The van der Waals surface area contributed by atoms with Crippen LogP contribution in [0.4, 0.5) is 0 Å². The van der Waals surface area contributed by atoms with Crippen LogP contribution in [0.25, 0.3) is 0 Å². The highest BCUT2D eigenvalue weighted by Gasteiger charge is 2.44. The zero-order chi connectivity index (χ0) is 26.0. The lowest BCUT2D eigenvalue weighted by atomic mass is 9.94. The first-order valence-electron chi connectivity index (χ1n) is 12.3. The average Bonchev–Trinajstić information content (AvgIpc) is 3.29. The van der Waals surface area contributed by atoms with Gasteiger partial charge < -0.3 is 24.6 Å². The van der Waals surface area contributed by atoms with Crippen molar-refractivity contribution in [1.29, 1.82) is 0 Å². The molecule has 1 atom stereocenters. The minimum absolute atomic E-state index is 0.0387. The molecule has 0 fully saturated rings. The number of nitrogens with zero attached hydrogens (tertiary/aromatic N) is 1. The normalized spacial score (nSPS) is 17.2. The summed E-state index contributed by atoms with van der Waals surface area (Å²) in [5.74, 6) is 0.355. The number of ether oxygens (including phenoxy) is 3. The second-order valence-corrected chi connectivity index (χ2v) is 9.77. The summed E-state index contributed by atoms with van der Waals surface area (Å²) in [5, 5.41) is 11.9. The molecule has 194 valence electrons. The van der Waals surface area contributed by atoms with Crippen LogP contribution in [-0.4, -0.2) is 60.4 Å². The van der Waals surface area contributed by atoms with E-state index >= 15 is 0 Å². The third kappa shape index (κ3) is 8.09. The Hall–Kier alpha value is -3.39. The second-order valence-electron chi connectivity index (χ2n) is 9.77. The smallest absolute Gasteiger partial charge is 0.306 e. The van der Waals surface area contributed by atoms with Gasteiger partial charge in [0, 0.05) is 31.6 Å². The van der Waals surface area contributed by atoms with E-state index in [9.17, 15) is 9.59 Å². The first-order chi connectivity index (χ1) is 17.2. The van der Waals surface area contributed by atoms with Crippen LogP contribution in [0.1, 0.15) is 51.2 Å². The van der Waals surface area contributed by atoms with E-state index < -0.39 is 11.1 Å². The highest BCUT2D eigenvalue weighted by Crippen LogP contribution is 2.29. The van der Waals surface area contributed by atoms with Crippen molar-refractivity contribution in [2.24, 2.45) is 4.99 Å². The minimum Gasteiger partial charge on any atom is -0.494 e. The Labute approximate surface area is 212 Å². The largest absolute Gasteiger partial charge is 0.494 e. The van der Waals surface area contributed by atoms with Gasteiger partial charge in [-0.1, -0.05) is 30.3 Å². The predicted octanol–water partition coefficient (Wildman–Crippen LogP) is 3.44. The topological polar surface area (TPSA) is 106 Å². The Kier molecular flexibility index (Phi) is 9.47. The number of hydrogen-bond acceptors (Lipinski definition) is 7. The number of aliphatic hydroxyl groups is 1. The van der Waals surface area contributed by atoms with Crippen molar-refractivity contribution in [1.82, 2.24) is 5.32 Å². The van der Waals surface area contributed by atoms with Crippen LogP contribution in [0.2, 0.25) is 0 Å². The van der Waals surface area contributed by atoms with E-state index in [4.69, 9.17) is 19.3 Å². The van der Waals surface area contributed by atoms with Gasteiger partial charge in [0.1, 0.15) is 18.0 Å². The number of rotatable bonds is 12. The maximum Gasteiger partial charge on any atom is 0.306 e. The van der Waals surface area contributed by atoms with Crippen LogP contribution in [0.3, 0.4) is 0 Å². The van der Waals surface area contributed by atoms with Crippen LogP contribution in [0, 0.1) is 0 Å². The summed E-state index contributed by atoms with van der Waals surface area (Å²) in [6.07, 6.45) is 1.45.